The highest BCUT2D eigenvalue weighted by atomic mass is 79.9. The lowest BCUT2D eigenvalue weighted by Gasteiger charge is -2.15. The summed E-state index contributed by atoms with van der Waals surface area (Å²) in [5.74, 6) is 2.12. The van der Waals surface area contributed by atoms with Gasteiger partial charge in [0.1, 0.15) is 0 Å². The van der Waals surface area contributed by atoms with Crippen molar-refractivity contribution in [3.8, 4) is 11.5 Å². The summed E-state index contributed by atoms with van der Waals surface area (Å²) in [5, 5.41) is 6.63. The molecule has 0 saturated carbocycles. The third-order valence-corrected chi connectivity index (χ3v) is 4.31. The van der Waals surface area contributed by atoms with Crippen LogP contribution in [0.5, 0.6) is 11.5 Å². The summed E-state index contributed by atoms with van der Waals surface area (Å²) in [5.41, 5.74) is 3.53. The van der Waals surface area contributed by atoms with E-state index in [4.69, 9.17) is 9.47 Å². The van der Waals surface area contributed by atoms with Crippen molar-refractivity contribution in [1.29, 1.82) is 0 Å². The zero-order chi connectivity index (χ0) is 18.2. The molecule has 0 heterocycles. The van der Waals surface area contributed by atoms with Gasteiger partial charge in [-0.25, -0.2) is 0 Å². The molecule has 0 radical (unpaired) electrons. The molecule has 0 unspecified atom stereocenters. The van der Waals surface area contributed by atoms with Crippen molar-refractivity contribution in [2.75, 3.05) is 21.3 Å². The van der Waals surface area contributed by atoms with Gasteiger partial charge in [0.05, 0.1) is 18.7 Å². The summed E-state index contributed by atoms with van der Waals surface area (Å²) in [7, 11) is 5.01. The van der Waals surface area contributed by atoms with Crippen molar-refractivity contribution in [2.45, 2.75) is 20.0 Å². The van der Waals surface area contributed by atoms with Crippen LogP contribution in [0.3, 0.4) is 0 Å². The highest BCUT2D eigenvalue weighted by Gasteiger charge is 2.10. The first kappa shape index (κ1) is 19.1. The Kier molecular flexibility index (Phi) is 7.13. The monoisotopic (exact) mass is 405 g/mol. The number of halogens is 1. The third-order valence-electron chi connectivity index (χ3n) is 3.72. The summed E-state index contributed by atoms with van der Waals surface area (Å²) < 4.78 is 11.6. The van der Waals surface area contributed by atoms with Crippen LogP contribution in [0.15, 0.2) is 45.9 Å². The number of nitrogens with one attached hydrogen (secondary N) is 2. The molecule has 0 aliphatic rings. The second kappa shape index (κ2) is 9.32. The number of ether oxygens (including phenoxy) is 2. The van der Waals surface area contributed by atoms with Crippen molar-refractivity contribution >= 4 is 21.9 Å². The molecule has 6 heteroatoms. The highest BCUT2D eigenvalue weighted by molar-refractivity contribution is 9.10. The second-order valence-corrected chi connectivity index (χ2v) is 6.44. The van der Waals surface area contributed by atoms with Gasteiger partial charge in [-0.3, -0.25) is 4.99 Å². The fraction of sp³-hybridized carbons (Fsp3) is 0.316. The molecule has 0 saturated heterocycles. The largest absolute Gasteiger partial charge is 0.493 e. The minimum atomic E-state index is 0.618. The molecule has 0 aromatic heterocycles. The van der Waals surface area contributed by atoms with E-state index in [1.165, 1.54) is 11.1 Å². The molecular formula is C19H24BrN3O2. The summed E-state index contributed by atoms with van der Waals surface area (Å²) in [4.78, 5) is 4.27. The minimum Gasteiger partial charge on any atom is -0.493 e. The summed E-state index contributed by atoms with van der Waals surface area (Å²) in [6.07, 6.45) is 0. The molecule has 0 aliphatic carbocycles. The lowest BCUT2D eigenvalue weighted by atomic mass is 10.1. The number of hydrogen-bond acceptors (Lipinski definition) is 3. The van der Waals surface area contributed by atoms with Gasteiger partial charge >= 0.3 is 0 Å². The van der Waals surface area contributed by atoms with Gasteiger partial charge in [-0.2, -0.15) is 0 Å². The number of rotatable bonds is 6. The first-order valence-electron chi connectivity index (χ1n) is 7.97. The van der Waals surface area contributed by atoms with Crippen LogP contribution in [-0.2, 0) is 13.1 Å². The number of benzene rings is 2. The first-order valence-corrected chi connectivity index (χ1v) is 8.77. The van der Waals surface area contributed by atoms with E-state index in [0.717, 1.165) is 22.5 Å². The van der Waals surface area contributed by atoms with Gasteiger partial charge in [0, 0.05) is 20.1 Å². The Morgan fingerprint density at radius 3 is 2.36 bits per heavy atom. The SMILES string of the molecule is CN=C(NCc1cccc(C)c1)NCc1cc(Br)c(OC)c(OC)c1. The number of hydrogen-bond donors (Lipinski definition) is 2. The fourth-order valence-corrected chi connectivity index (χ4v) is 3.14. The Balaban J connectivity index is 1.98. The van der Waals surface area contributed by atoms with E-state index in [2.05, 4.69) is 62.7 Å². The number of methoxy groups -OCH3 is 2. The topological polar surface area (TPSA) is 54.9 Å². The van der Waals surface area contributed by atoms with Crippen molar-refractivity contribution in [2.24, 2.45) is 4.99 Å². The molecule has 0 aliphatic heterocycles. The van der Waals surface area contributed by atoms with E-state index in [1.807, 2.05) is 12.1 Å². The maximum Gasteiger partial charge on any atom is 0.191 e. The van der Waals surface area contributed by atoms with Crippen molar-refractivity contribution in [3.05, 3.63) is 57.6 Å². The van der Waals surface area contributed by atoms with E-state index in [0.29, 0.717) is 18.0 Å². The average molecular weight is 406 g/mol. The van der Waals surface area contributed by atoms with Crippen LogP contribution >= 0.6 is 15.9 Å². The number of aryl methyl sites for hydroxylation is 1. The first-order chi connectivity index (χ1) is 12.1. The lowest BCUT2D eigenvalue weighted by molar-refractivity contribution is 0.352. The van der Waals surface area contributed by atoms with Crippen LogP contribution in [0, 0.1) is 6.92 Å². The maximum atomic E-state index is 5.38. The normalized spacial score (nSPS) is 11.2. The van der Waals surface area contributed by atoms with E-state index in [9.17, 15) is 0 Å². The maximum absolute atomic E-state index is 5.38. The molecule has 2 aromatic carbocycles. The Hall–Kier alpha value is -2.21. The van der Waals surface area contributed by atoms with Crippen LogP contribution < -0.4 is 20.1 Å². The molecular weight excluding hydrogens is 382 g/mol. The van der Waals surface area contributed by atoms with Crippen LogP contribution in [0.2, 0.25) is 0 Å². The van der Waals surface area contributed by atoms with E-state index >= 15 is 0 Å². The minimum absolute atomic E-state index is 0.618. The van der Waals surface area contributed by atoms with Gasteiger partial charge in [-0.05, 0) is 46.1 Å². The van der Waals surface area contributed by atoms with Crippen molar-refractivity contribution < 1.29 is 9.47 Å². The average Bonchev–Trinajstić information content (AvgIpc) is 2.61. The van der Waals surface area contributed by atoms with E-state index < -0.39 is 0 Å². The third kappa shape index (κ3) is 5.39. The van der Waals surface area contributed by atoms with Crippen LogP contribution in [0.4, 0.5) is 0 Å². The molecule has 2 aromatic rings. The molecule has 0 bridgehead atoms. The smallest absolute Gasteiger partial charge is 0.191 e. The lowest BCUT2D eigenvalue weighted by Crippen LogP contribution is -2.36. The van der Waals surface area contributed by atoms with Gasteiger partial charge < -0.3 is 20.1 Å². The number of guanidine groups is 1. The molecule has 0 atom stereocenters. The zero-order valence-electron chi connectivity index (χ0n) is 15.0. The predicted molar refractivity (Wildman–Crippen MR) is 105 cm³/mol. The molecule has 134 valence electrons. The molecule has 5 nitrogen and oxygen atoms in total. The van der Waals surface area contributed by atoms with E-state index in [-0.39, 0.29) is 0 Å². The number of aliphatic imine (C=N–C) groups is 1. The summed E-state index contributed by atoms with van der Waals surface area (Å²) in [6.45, 7) is 3.43. The van der Waals surface area contributed by atoms with E-state index in [1.54, 1.807) is 21.3 Å². The van der Waals surface area contributed by atoms with Crippen molar-refractivity contribution in [3.63, 3.8) is 0 Å². The summed E-state index contributed by atoms with van der Waals surface area (Å²) in [6, 6.07) is 12.4. The van der Waals surface area contributed by atoms with Gasteiger partial charge in [0.15, 0.2) is 17.5 Å². The Bertz CT molecular complexity index is 747. The number of nitrogens with zero attached hydrogens (tertiary/aromatic N) is 1. The fourth-order valence-electron chi connectivity index (χ4n) is 2.49. The van der Waals surface area contributed by atoms with Crippen LogP contribution in [0.1, 0.15) is 16.7 Å². The second-order valence-electron chi connectivity index (χ2n) is 5.58. The Morgan fingerprint density at radius 2 is 1.76 bits per heavy atom. The van der Waals surface area contributed by atoms with Gasteiger partial charge in [-0.1, -0.05) is 29.8 Å². The Morgan fingerprint density at radius 1 is 1.04 bits per heavy atom. The Labute approximate surface area is 157 Å². The quantitative estimate of drug-likeness (QED) is 0.568. The molecule has 2 N–H and O–H groups in total. The standard InChI is InChI=1S/C19H24BrN3O2/c1-13-6-5-7-14(8-13)11-22-19(21-2)23-12-15-9-16(20)18(25-4)17(10-15)24-3/h5-10H,11-12H2,1-4H3,(H2,21,22,23). The van der Waals surface area contributed by atoms with Crippen LogP contribution in [0.25, 0.3) is 0 Å². The molecule has 0 amide bonds. The van der Waals surface area contributed by atoms with Gasteiger partial charge in [0.2, 0.25) is 0 Å². The van der Waals surface area contributed by atoms with Gasteiger partial charge in [0.25, 0.3) is 0 Å². The predicted octanol–water partition coefficient (Wildman–Crippen LogP) is 3.64. The molecule has 0 fully saturated rings. The van der Waals surface area contributed by atoms with Crippen LogP contribution in [-0.4, -0.2) is 27.2 Å². The zero-order valence-corrected chi connectivity index (χ0v) is 16.6. The molecule has 25 heavy (non-hydrogen) atoms. The van der Waals surface area contributed by atoms with Crippen molar-refractivity contribution in [1.82, 2.24) is 10.6 Å². The van der Waals surface area contributed by atoms with Gasteiger partial charge in [-0.15, -0.1) is 0 Å². The molecule has 2 rings (SSSR count). The summed E-state index contributed by atoms with van der Waals surface area (Å²) >= 11 is 3.51. The molecule has 0 spiro atoms. The highest BCUT2D eigenvalue weighted by Crippen LogP contribution is 2.36.